The van der Waals surface area contributed by atoms with Crippen LogP contribution in [0.5, 0.6) is 5.75 Å². The quantitative estimate of drug-likeness (QED) is 0.860. The number of anilines is 3. The van der Waals surface area contributed by atoms with E-state index in [-0.39, 0.29) is 22.9 Å². The van der Waals surface area contributed by atoms with Crippen molar-refractivity contribution in [3.8, 4) is 5.75 Å². The van der Waals surface area contributed by atoms with Crippen LogP contribution in [0.1, 0.15) is 19.4 Å². The molecule has 1 N–H and O–H groups in total. The second-order valence-electron chi connectivity index (χ2n) is 6.73. The first-order valence-corrected chi connectivity index (χ1v) is 9.75. The van der Waals surface area contributed by atoms with Crippen LogP contribution in [-0.4, -0.2) is 31.2 Å². The number of hydrogen-bond acceptors (Lipinski definition) is 5. The molecule has 0 unspecified atom stereocenters. The molecule has 1 aliphatic rings. The lowest BCUT2D eigenvalue weighted by molar-refractivity contribution is -0.131. The van der Waals surface area contributed by atoms with E-state index in [1.807, 2.05) is 0 Å². The molecular formula is C17H17F2N3O4S. The van der Waals surface area contributed by atoms with Gasteiger partial charge in [0.2, 0.25) is 10.0 Å². The lowest BCUT2D eigenvalue weighted by Gasteiger charge is -2.38. The van der Waals surface area contributed by atoms with Crippen LogP contribution < -0.4 is 14.4 Å². The van der Waals surface area contributed by atoms with Crippen LogP contribution >= 0.6 is 0 Å². The maximum absolute atomic E-state index is 14.9. The number of nitrogens with zero attached hydrogens (tertiary/aromatic N) is 2. The summed E-state index contributed by atoms with van der Waals surface area (Å²) in [6, 6.07) is 3.38. The van der Waals surface area contributed by atoms with E-state index >= 15 is 0 Å². The minimum absolute atomic E-state index is 0.0451. The molecule has 144 valence electrons. The van der Waals surface area contributed by atoms with E-state index in [1.54, 1.807) is 0 Å². The molecule has 0 atom stereocenters. The van der Waals surface area contributed by atoms with Crippen molar-refractivity contribution in [2.75, 3.05) is 15.9 Å². The summed E-state index contributed by atoms with van der Waals surface area (Å²) < 4.78 is 58.9. The molecule has 2 aromatic rings. The smallest absolute Gasteiger partial charge is 0.276 e. The van der Waals surface area contributed by atoms with Crippen molar-refractivity contribution in [1.29, 1.82) is 0 Å². The number of carbonyl (C=O) groups excluding carboxylic acids is 1. The molecule has 0 aliphatic carbocycles. The Kier molecular flexibility index (Phi) is 4.34. The normalized spacial score (nSPS) is 15.9. The fourth-order valence-corrected chi connectivity index (χ4v) is 3.35. The highest BCUT2D eigenvalue weighted by Crippen LogP contribution is 2.45. The maximum atomic E-state index is 14.9. The number of amides is 1. The van der Waals surface area contributed by atoms with E-state index in [0.717, 1.165) is 23.4 Å². The Hall–Kier alpha value is -2.75. The molecule has 10 heteroatoms. The van der Waals surface area contributed by atoms with Crippen molar-refractivity contribution in [2.24, 2.45) is 0 Å². The van der Waals surface area contributed by atoms with Gasteiger partial charge in [0.1, 0.15) is 23.1 Å². The molecule has 0 saturated heterocycles. The molecule has 0 fully saturated rings. The number of aryl methyl sites for hydroxylation is 1. The van der Waals surface area contributed by atoms with Gasteiger partial charge in [0, 0.05) is 12.1 Å². The molecule has 0 bridgehead atoms. The van der Waals surface area contributed by atoms with Gasteiger partial charge in [0.25, 0.3) is 5.91 Å². The number of nitrogens with one attached hydrogen (secondary N) is 1. The third-order valence-corrected chi connectivity index (χ3v) is 4.47. The zero-order chi connectivity index (χ0) is 20.1. The zero-order valence-electron chi connectivity index (χ0n) is 15.0. The molecule has 1 aromatic carbocycles. The van der Waals surface area contributed by atoms with Crippen LogP contribution in [0.2, 0.25) is 0 Å². The molecule has 1 aromatic heterocycles. The van der Waals surface area contributed by atoms with E-state index in [1.165, 1.54) is 32.9 Å². The second kappa shape index (κ2) is 6.15. The largest absolute Gasteiger partial charge is 0.476 e. The zero-order valence-corrected chi connectivity index (χ0v) is 15.8. The monoisotopic (exact) mass is 397 g/mol. The molecule has 2 heterocycles. The van der Waals surface area contributed by atoms with Gasteiger partial charge in [0.05, 0.1) is 18.1 Å². The number of aromatic nitrogens is 1. The third-order valence-electron chi connectivity index (χ3n) is 3.87. The molecule has 27 heavy (non-hydrogen) atoms. The molecule has 3 rings (SSSR count). The first kappa shape index (κ1) is 19.0. The average Bonchev–Trinajstić information content (AvgIpc) is 2.48. The Labute approximate surface area is 155 Å². The number of hydrogen-bond donors (Lipinski definition) is 1. The topological polar surface area (TPSA) is 88.6 Å². The van der Waals surface area contributed by atoms with Gasteiger partial charge >= 0.3 is 0 Å². The highest BCUT2D eigenvalue weighted by atomic mass is 32.2. The van der Waals surface area contributed by atoms with Gasteiger partial charge in [-0.1, -0.05) is 0 Å². The standard InChI is InChI=1S/C17H17F2N3O4S/c1-9-5-10(18)8-20-15(9)22-14-12(19)6-11(21-27(4,24)25)7-13(14)26-17(2,3)16(22)23/h5-8,21H,1-4H3. The van der Waals surface area contributed by atoms with Crippen LogP contribution in [-0.2, 0) is 14.8 Å². The minimum Gasteiger partial charge on any atom is -0.476 e. The fraction of sp³-hybridized carbons (Fsp3) is 0.294. The van der Waals surface area contributed by atoms with E-state index in [0.29, 0.717) is 5.56 Å². The number of sulfonamides is 1. The first-order chi connectivity index (χ1) is 12.4. The summed E-state index contributed by atoms with van der Waals surface area (Å²) in [5.74, 6) is -2.07. The molecule has 0 saturated carbocycles. The van der Waals surface area contributed by atoms with Crippen molar-refractivity contribution in [3.05, 3.63) is 41.6 Å². The molecule has 1 amide bonds. The van der Waals surface area contributed by atoms with Gasteiger partial charge < -0.3 is 4.74 Å². The molecule has 0 radical (unpaired) electrons. The van der Waals surface area contributed by atoms with Gasteiger partial charge in [0.15, 0.2) is 11.4 Å². The Morgan fingerprint density at radius 2 is 1.89 bits per heavy atom. The van der Waals surface area contributed by atoms with Gasteiger partial charge in [-0.2, -0.15) is 0 Å². The van der Waals surface area contributed by atoms with Crippen molar-refractivity contribution in [3.63, 3.8) is 0 Å². The molecule has 0 spiro atoms. The Bertz CT molecular complexity index is 1050. The SMILES string of the molecule is Cc1cc(F)cnc1N1C(=O)C(C)(C)Oc2cc(NS(C)(=O)=O)cc(F)c21. The third kappa shape index (κ3) is 3.57. The lowest BCUT2D eigenvalue weighted by atomic mass is 10.0. The van der Waals surface area contributed by atoms with Crippen molar-refractivity contribution < 1.29 is 26.7 Å². The number of halogens is 2. The van der Waals surface area contributed by atoms with Crippen LogP contribution in [0, 0.1) is 18.6 Å². The minimum atomic E-state index is -3.64. The van der Waals surface area contributed by atoms with Gasteiger partial charge in [-0.15, -0.1) is 0 Å². The summed E-state index contributed by atoms with van der Waals surface area (Å²) in [6.07, 6.45) is 1.85. The van der Waals surface area contributed by atoms with Crippen LogP contribution in [0.15, 0.2) is 24.4 Å². The predicted octanol–water partition coefficient (Wildman–Crippen LogP) is 2.88. The summed E-state index contributed by atoms with van der Waals surface area (Å²) in [5.41, 5.74) is -1.33. The number of ether oxygens (including phenoxy) is 1. The number of fused-ring (bicyclic) bond motifs is 1. The molecule has 1 aliphatic heterocycles. The summed E-state index contributed by atoms with van der Waals surface area (Å²) in [7, 11) is -3.64. The highest BCUT2D eigenvalue weighted by molar-refractivity contribution is 7.92. The van der Waals surface area contributed by atoms with E-state index < -0.39 is 33.2 Å². The molecule has 7 nitrogen and oxygen atoms in total. The van der Waals surface area contributed by atoms with Crippen LogP contribution in [0.3, 0.4) is 0 Å². The van der Waals surface area contributed by atoms with E-state index in [9.17, 15) is 22.0 Å². The Morgan fingerprint density at radius 1 is 1.22 bits per heavy atom. The Balaban J connectivity index is 2.23. The van der Waals surface area contributed by atoms with Gasteiger partial charge in [-0.05, 0) is 32.4 Å². The van der Waals surface area contributed by atoms with E-state index in [2.05, 4.69) is 9.71 Å². The Morgan fingerprint density at radius 3 is 2.48 bits per heavy atom. The van der Waals surface area contributed by atoms with Crippen molar-refractivity contribution in [1.82, 2.24) is 4.98 Å². The number of benzene rings is 1. The van der Waals surface area contributed by atoms with Gasteiger partial charge in [-0.3, -0.25) is 14.4 Å². The summed E-state index contributed by atoms with van der Waals surface area (Å²) in [4.78, 5) is 17.9. The number of carbonyl (C=O) groups is 1. The average molecular weight is 397 g/mol. The predicted molar refractivity (Wildman–Crippen MR) is 95.7 cm³/mol. The second-order valence-corrected chi connectivity index (χ2v) is 8.47. The first-order valence-electron chi connectivity index (χ1n) is 7.86. The van der Waals surface area contributed by atoms with Crippen LogP contribution in [0.4, 0.5) is 26.0 Å². The fourth-order valence-electron chi connectivity index (χ4n) is 2.80. The van der Waals surface area contributed by atoms with Crippen molar-refractivity contribution >= 4 is 33.1 Å². The maximum Gasteiger partial charge on any atom is 0.276 e. The number of pyridine rings is 1. The summed E-state index contributed by atoms with van der Waals surface area (Å²) in [6.45, 7) is 4.51. The lowest BCUT2D eigenvalue weighted by Crippen LogP contribution is -2.51. The van der Waals surface area contributed by atoms with E-state index in [4.69, 9.17) is 4.74 Å². The number of rotatable bonds is 3. The van der Waals surface area contributed by atoms with Gasteiger partial charge in [-0.25, -0.2) is 22.2 Å². The molecular weight excluding hydrogens is 380 g/mol. The highest BCUT2D eigenvalue weighted by Gasteiger charge is 2.44. The van der Waals surface area contributed by atoms with Crippen LogP contribution in [0.25, 0.3) is 0 Å². The summed E-state index contributed by atoms with van der Waals surface area (Å²) >= 11 is 0. The summed E-state index contributed by atoms with van der Waals surface area (Å²) in [5, 5.41) is 0. The van der Waals surface area contributed by atoms with Crippen molar-refractivity contribution in [2.45, 2.75) is 26.4 Å².